The lowest BCUT2D eigenvalue weighted by molar-refractivity contribution is 0.626. The van der Waals surface area contributed by atoms with Crippen molar-refractivity contribution >= 4 is 8.58 Å². The van der Waals surface area contributed by atoms with E-state index in [9.17, 15) is 0 Å². The molecule has 65 valence electrons. The zero-order valence-corrected chi connectivity index (χ0v) is 8.58. The monoisotopic (exact) mass is 171 g/mol. The molecule has 0 aliphatic heterocycles. The Balaban J connectivity index is 2.74. The summed E-state index contributed by atoms with van der Waals surface area (Å²) in [6, 6.07) is 0. The molecule has 0 aromatic carbocycles. The lowest BCUT2D eigenvalue weighted by Gasteiger charge is -1.97. The second-order valence-electron chi connectivity index (χ2n) is 2.86. The average Bonchev–Trinajstić information content (AvgIpc) is 2.03. The fourth-order valence-electron chi connectivity index (χ4n) is 1.07. The highest BCUT2D eigenvalue weighted by molar-refractivity contribution is 7.41. The highest BCUT2D eigenvalue weighted by atomic mass is 31.1. The van der Waals surface area contributed by atoms with Gasteiger partial charge < -0.3 is 0 Å². The zero-order valence-electron chi connectivity index (χ0n) is 7.68. The Labute approximate surface area is 73.2 Å². The summed E-state index contributed by atoms with van der Waals surface area (Å²) in [6.45, 7) is 5.96. The molecule has 0 spiro atoms. The minimum atomic E-state index is 1.32. The predicted octanol–water partition coefficient (Wildman–Crippen LogP) is 4.44. The number of hydrogen-bond donors (Lipinski definition) is 0. The molecule has 0 aliphatic carbocycles. The molecule has 1 heteroatoms. The van der Waals surface area contributed by atoms with E-state index in [0.717, 1.165) is 0 Å². The van der Waals surface area contributed by atoms with Crippen LogP contribution in [0.4, 0.5) is 0 Å². The van der Waals surface area contributed by atoms with E-state index in [-0.39, 0.29) is 0 Å². The second-order valence-corrected chi connectivity index (χ2v) is 4.03. The molecule has 1 radical (unpaired) electrons. The summed E-state index contributed by atoms with van der Waals surface area (Å²) >= 11 is 0. The van der Waals surface area contributed by atoms with Crippen molar-refractivity contribution in [1.82, 2.24) is 0 Å². The Morgan fingerprint density at radius 1 is 1.09 bits per heavy atom. The SMILES string of the molecule is C=C[P]CCCCCCCC. The van der Waals surface area contributed by atoms with Crippen molar-refractivity contribution < 1.29 is 0 Å². The summed E-state index contributed by atoms with van der Waals surface area (Å²) in [7, 11) is 1.41. The van der Waals surface area contributed by atoms with Crippen molar-refractivity contribution in [3.63, 3.8) is 0 Å². The van der Waals surface area contributed by atoms with E-state index in [1.54, 1.807) is 0 Å². The summed E-state index contributed by atoms with van der Waals surface area (Å²) in [5, 5.41) is 0. The van der Waals surface area contributed by atoms with E-state index < -0.39 is 0 Å². The minimum Gasteiger partial charge on any atom is -0.0982 e. The van der Waals surface area contributed by atoms with Gasteiger partial charge in [-0.25, -0.2) is 0 Å². The van der Waals surface area contributed by atoms with Gasteiger partial charge in [0.25, 0.3) is 0 Å². The van der Waals surface area contributed by atoms with E-state index in [0.29, 0.717) is 0 Å². The zero-order chi connectivity index (χ0) is 8.36. The molecule has 0 aromatic rings. The summed E-state index contributed by atoms with van der Waals surface area (Å²) < 4.78 is 0. The quantitative estimate of drug-likeness (QED) is 0.374. The maximum atomic E-state index is 3.70. The fourth-order valence-corrected chi connectivity index (χ4v) is 1.66. The minimum absolute atomic E-state index is 1.32. The summed E-state index contributed by atoms with van der Waals surface area (Å²) in [4.78, 5) is 0. The van der Waals surface area contributed by atoms with Gasteiger partial charge in [0.05, 0.1) is 0 Å². The molecule has 0 atom stereocenters. The van der Waals surface area contributed by atoms with Crippen molar-refractivity contribution in [2.24, 2.45) is 0 Å². The molecule has 0 fully saturated rings. The van der Waals surface area contributed by atoms with Crippen molar-refractivity contribution in [3.05, 3.63) is 12.4 Å². The molecule has 0 unspecified atom stereocenters. The standard InChI is InChI=1S/C10H20P/c1-3-5-6-7-8-9-10-11-4-2/h4H,2-3,5-10H2,1H3. The molecule has 11 heavy (non-hydrogen) atoms. The fraction of sp³-hybridized carbons (Fsp3) is 0.800. The third-order valence-electron chi connectivity index (χ3n) is 1.77. The van der Waals surface area contributed by atoms with Crippen LogP contribution in [0.25, 0.3) is 0 Å². The van der Waals surface area contributed by atoms with Crippen molar-refractivity contribution in [2.75, 3.05) is 6.16 Å². The highest BCUT2D eigenvalue weighted by Gasteiger charge is 1.88. The van der Waals surface area contributed by atoms with Gasteiger partial charge in [0.1, 0.15) is 0 Å². The van der Waals surface area contributed by atoms with E-state index >= 15 is 0 Å². The normalized spacial score (nSPS) is 11.0. The molecule has 0 N–H and O–H groups in total. The largest absolute Gasteiger partial charge is 0.0982 e. The van der Waals surface area contributed by atoms with Crippen LogP contribution in [-0.2, 0) is 0 Å². The van der Waals surface area contributed by atoms with E-state index in [2.05, 4.69) is 13.5 Å². The van der Waals surface area contributed by atoms with Gasteiger partial charge in [0.2, 0.25) is 0 Å². The van der Waals surface area contributed by atoms with Gasteiger partial charge in [0, 0.05) is 0 Å². The van der Waals surface area contributed by atoms with Crippen LogP contribution in [0.2, 0.25) is 0 Å². The highest BCUT2D eigenvalue weighted by Crippen LogP contribution is 2.14. The molecule has 0 saturated heterocycles. The first-order chi connectivity index (χ1) is 5.41. The van der Waals surface area contributed by atoms with Crippen LogP contribution in [0.1, 0.15) is 45.4 Å². The molecule has 0 bridgehead atoms. The molecule has 0 aromatic heterocycles. The van der Waals surface area contributed by atoms with E-state index in [1.165, 1.54) is 53.3 Å². The van der Waals surface area contributed by atoms with Gasteiger partial charge >= 0.3 is 0 Å². The van der Waals surface area contributed by atoms with Crippen molar-refractivity contribution in [3.8, 4) is 0 Å². The molecular formula is C10H20P. The maximum absolute atomic E-state index is 3.70. The molecule has 0 nitrogen and oxygen atoms in total. The van der Waals surface area contributed by atoms with Crippen LogP contribution in [0.3, 0.4) is 0 Å². The third kappa shape index (κ3) is 10.2. The molecular weight excluding hydrogens is 151 g/mol. The van der Waals surface area contributed by atoms with Gasteiger partial charge in [-0.2, -0.15) is 0 Å². The number of unbranched alkanes of at least 4 members (excludes halogenated alkanes) is 5. The topological polar surface area (TPSA) is 0 Å². The smallest absolute Gasteiger partial charge is 0.0250 e. The average molecular weight is 171 g/mol. The molecule has 0 saturated carbocycles. The number of rotatable bonds is 8. The molecule has 0 amide bonds. The number of hydrogen-bond acceptors (Lipinski definition) is 0. The first kappa shape index (κ1) is 11.2. The second kappa shape index (κ2) is 10.2. The lowest BCUT2D eigenvalue weighted by Crippen LogP contribution is -1.79. The molecule has 0 heterocycles. The first-order valence-electron chi connectivity index (χ1n) is 4.69. The van der Waals surface area contributed by atoms with Gasteiger partial charge in [-0.15, -0.1) is 0 Å². The Kier molecular flexibility index (Phi) is 10.3. The van der Waals surface area contributed by atoms with Crippen LogP contribution in [0, 0.1) is 0 Å². The Bertz CT molecular complexity index is 78.9. The Morgan fingerprint density at radius 3 is 2.36 bits per heavy atom. The van der Waals surface area contributed by atoms with Gasteiger partial charge in [0.15, 0.2) is 0 Å². The van der Waals surface area contributed by atoms with Crippen LogP contribution >= 0.6 is 8.58 Å². The predicted molar refractivity (Wildman–Crippen MR) is 55.4 cm³/mol. The molecule has 0 aliphatic rings. The Hall–Kier alpha value is 0.170. The van der Waals surface area contributed by atoms with Crippen LogP contribution in [0.5, 0.6) is 0 Å². The maximum Gasteiger partial charge on any atom is -0.0250 e. The summed E-state index contributed by atoms with van der Waals surface area (Å²) in [6.07, 6.45) is 9.75. The van der Waals surface area contributed by atoms with Crippen LogP contribution in [-0.4, -0.2) is 6.16 Å². The molecule has 0 rings (SSSR count). The lowest BCUT2D eigenvalue weighted by atomic mass is 10.1. The van der Waals surface area contributed by atoms with Gasteiger partial charge in [-0.3, -0.25) is 0 Å². The van der Waals surface area contributed by atoms with Crippen molar-refractivity contribution in [1.29, 1.82) is 0 Å². The summed E-state index contributed by atoms with van der Waals surface area (Å²) in [5.41, 5.74) is 0. The van der Waals surface area contributed by atoms with Crippen LogP contribution in [0.15, 0.2) is 12.4 Å². The Morgan fingerprint density at radius 2 is 1.73 bits per heavy atom. The third-order valence-corrected chi connectivity index (χ3v) is 2.60. The van der Waals surface area contributed by atoms with E-state index in [4.69, 9.17) is 0 Å². The van der Waals surface area contributed by atoms with Gasteiger partial charge in [-0.1, -0.05) is 60.0 Å². The first-order valence-corrected chi connectivity index (χ1v) is 5.84. The van der Waals surface area contributed by atoms with Crippen LogP contribution < -0.4 is 0 Å². The van der Waals surface area contributed by atoms with Gasteiger partial charge in [-0.05, 0) is 12.6 Å². The van der Waals surface area contributed by atoms with E-state index in [1.807, 2.05) is 5.82 Å². The van der Waals surface area contributed by atoms with Crippen molar-refractivity contribution in [2.45, 2.75) is 45.4 Å². The summed E-state index contributed by atoms with van der Waals surface area (Å²) in [5.74, 6) is 1.99.